The topological polar surface area (TPSA) is 78.4 Å². The first-order valence-electron chi connectivity index (χ1n) is 6.62. The maximum absolute atomic E-state index is 12.1. The van der Waals surface area contributed by atoms with Gasteiger partial charge in [0.05, 0.1) is 6.04 Å². The molecule has 0 fully saturated rings. The first-order valence-corrected chi connectivity index (χ1v) is 7.00. The number of hydroxylamine groups is 1. The third kappa shape index (κ3) is 3.84. The van der Waals surface area contributed by atoms with E-state index < -0.39 is 5.91 Å². The summed E-state index contributed by atoms with van der Waals surface area (Å²) >= 11 is 5.79. The summed E-state index contributed by atoms with van der Waals surface area (Å²) in [6.07, 6.45) is 0. The standard InChI is InChI=1S/C16H15ClN2O3/c1-10(11-2-4-13(5-3-11)16(21)19-22)18-15(20)12-6-8-14(17)9-7-12/h2-10,22H,1H3,(H,18,20)(H,19,21). The Morgan fingerprint density at radius 2 is 1.45 bits per heavy atom. The zero-order chi connectivity index (χ0) is 16.1. The molecule has 0 aliphatic carbocycles. The van der Waals surface area contributed by atoms with Crippen LogP contribution in [0.4, 0.5) is 0 Å². The Labute approximate surface area is 132 Å². The van der Waals surface area contributed by atoms with Gasteiger partial charge < -0.3 is 5.32 Å². The molecule has 0 spiro atoms. The Kier molecular flexibility index (Phi) is 5.14. The van der Waals surface area contributed by atoms with Crippen LogP contribution in [0.15, 0.2) is 48.5 Å². The van der Waals surface area contributed by atoms with Crippen LogP contribution in [0.25, 0.3) is 0 Å². The SMILES string of the molecule is CC(NC(=O)c1ccc(Cl)cc1)c1ccc(C(=O)NO)cc1. The third-order valence-electron chi connectivity index (χ3n) is 3.23. The van der Waals surface area contributed by atoms with Gasteiger partial charge in [-0.15, -0.1) is 0 Å². The Morgan fingerprint density at radius 1 is 0.955 bits per heavy atom. The van der Waals surface area contributed by atoms with Gasteiger partial charge in [-0.2, -0.15) is 0 Å². The molecule has 2 aromatic rings. The van der Waals surface area contributed by atoms with E-state index in [2.05, 4.69) is 5.32 Å². The number of carbonyl (C=O) groups excluding carboxylic acids is 2. The monoisotopic (exact) mass is 318 g/mol. The molecule has 5 nitrogen and oxygen atoms in total. The van der Waals surface area contributed by atoms with Crippen LogP contribution >= 0.6 is 11.6 Å². The van der Waals surface area contributed by atoms with Crippen molar-refractivity contribution in [1.29, 1.82) is 0 Å². The highest BCUT2D eigenvalue weighted by atomic mass is 35.5. The van der Waals surface area contributed by atoms with Crippen molar-refractivity contribution < 1.29 is 14.8 Å². The van der Waals surface area contributed by atoms with Gasteiger partial charge in [-0.05, 0) is 48.9 Å². The Bertz CT molecular complexity index is 669. The van der Waals surface area contributed by atoms with Crippen LogP contribution in [-0.4, -0.2) is 17.0 Å². The van der Waals surface area contributed by atoms with Crippen LogP contribution in [0.2, 0.25) is 5.02 Å². The molecule has 0 aromatic heterocycles. The molecule has 0 saturated heterocycles. The number of rotatable bonds is 4. The van der Waals surface area contributed by atoms with Crippen LogP contribution in [0.3, 0.4) is 0 Å². The lowest BCUT2D eigenvalue weighted by Crippen LogP contribution is -2.26. The first kappa shape index (κ1) is 16.0. The van der Waals surface area contributed by atoms with Crippen molar-refractivity contribution in [3.63, 3.8) is 0 Å². The summed E-state index contributed by atoms with van der Waals surface area (Å²) in [5.41, 5.74) is 3.27. The smallest absolute Gasteiger partial charge is 0.274 e. The molecule has 22 heavy (non-hydrogen) atoms. The molecule has 0 radical (unpaired) electrons. The minimum atomic E-state index is -0.579. The molecule has 0 aliphatic rings. The van der Waals surface area contributed by atoms with Crippen molar-refractivity contribution in [2.24, 2.45) is 0 Å². The number of carbonyl (C=O) groups is 2. The van der Waals surface area contributed by atoms with Gasteiger partial charge in [0.2, 0.25) is 0 Å². The molecule has 2 aromatic carbocycles. The predicted molar refractivity (Wildman–Crippen MR) is 83.0 cm³/mol. The average molecular weight is 319 g/mol. The van der Waals surface area contributed by atoms with Gasteiger partial charge >= 0.3 is 0 Å². The van der Waals surface area contributed by atoms with E-state index >= 15 is 0 Å². The molecule has 2 amide bonds. The molecule has 1 atom stereocenters. The second-order valence-corrected chi connectivity index (χ2v) is 5.20. The van der Waals surface area contributed by atoms with Gasteiger partial charge in [0.15, 0.2) is 0 Å². The molecule has 0 heterocycles. The number of nitrogens with one attached hydrogen (secondary N) is 2. The summed E-state index contributed by atoms with van der Waals surface area (Å²) in [5, 5.41) is 12.0. The minimum Gasteiger partial charge on any atom is -0.346 e. The maximum Gasteiger partial charge on any atom is 0.274 e. The van der Waals surface area contributed by atoms with Crippen LogP contribution in [0.5, 0.6) is 0 Å². The number of benzene rings is 2. The molecule has 114 valence electrons. The van der Waals surface area contributed by atoms with E-state index in [0.29, 0.717) is 16.1 Å². The lowest BCUT2D eigenvalue weighted by molar-refractivity contribution is 0.0706. The number of hydrogen-bond acceptors (Lipinski definition) is 3. The minimum absolute atomic E-state index is 0.207. The zero-order valence-electron chi connectivity index (χ0n) is 11.8. The Balaban J connectivity index is 2.05. The van der Waals surface area contributed by atoms with Crippen molar-refractivity contribution in [2.45, 2.75) is 13.0 Å². The molecule has 6 heteroatoms. The molecule has 0 aliphatic heterocycles. The summed E-state index contributed by atoms with van der Waals surface area (Å²) in [6.45, 7) is 1.84. The lowest BCUT2D eigenvalue weighted by atomic mass is 10.1. The van der Waals surface area contributed by atoms with Crippen LogP contribution < -0.4 is 10.8 Å². The highest BCUT2D eigenvalue weighted by Crippen LogP contribution is 2.15. The Morgan fingerprint density at radius 3 is 2.00 bits per heavy atom. The fourth-order valence-electron chi connectivity index (χ4n) is 1.95. The van der Waals surface area contributed by atoms with Gasteiger partial charge in [-0.25, -0.2) is 5.48 Å². The van der Waals surface area contributed by atoms with Crippen LogP contribution in [0.1, 0.15) is 39.2 Å². The van der Waals surface area contributed by atoms with Crippen LogP contribution in [-0.2, 0) is 0 Å². The highest BCUT2D eigenvalue weighted by Gasteiger charge is 2.12. The van der Waals surface area contributed by atoms with Gasteiger partial charge in [0, 0.05) is 16.1 Å². The van der Waals surface area contributed by atoms with Gasteiger partial charge in [-0.1, -0.05) is 23.7 Å². The average Bonchev–Trinajstić information content (AvgIpc) is 2.54. The third-order valence-corrected chi connectivity index (χ3v) is 3.48. The number of halogens is 1. The highest BCUT2D eigenvalue weighted by molar-refractivity contribution is 6.30. The molecule has 0 saturated carbocycles. The van der Waals surface area contributed by atoms with E-state index in [1.807, 2.05) is 6.92 Å². The maximum atomic E-state index is 12.1. The van der Waals surface area contributed by atoms with E-state index in [0.717, 1.165) is 5.56 Å². The quantitative estimate of drug-likeness (QED) is 0.599. The Hall–Kier alpha value is -2.37. The van der Waals surface area contributed by atoms with E-state index in [-0.39, 0.29) is 11.9 Å². The van der Waals surface area contributed by atoms with Gasteiger partial charge in [0.1, 0.15) is 0 Å². The molecular weight excluding hydrogens is 304 g/mol. The second kappa shape index (κ2) is 7.06. The van der Waals surface area contributed by atoms with Gasteiger partial charge in [0.25, 0.3) is 11.8 Å². The largest absolute Gasteiger partial charge is 0.346 e. The summed E-state index contributed by atoms with van der Waals surface area (Å²) in [5.74, 6) is -0.786. The lowest BCUT2D eigenvalue weighted by Gasteiger charge is -2.15. The van der Waals surface area contributed by atoms with E-state index in [4.69, 9.17) is 16.8 Å². The predicted octanol–water partition coefficient (Wildman–Crippen LogP) is 2.95. The van der Waals surface area contributed by atoms with E-state index in [1.54, 1.807) is 54.0 Å². The van der Waals surface area contributed by atoms with E-state index in [1.165, 1.54) is 0 Å². The van der Waals surface area contributed by atoms with Crippen molar-refractivity contribution in [3.8, 4) is 0 Å². The fourth-order valence-corrected chi connectivity index (χ4v) is 2.08. The summed E-state index contributed by atoms with van der Waals surface area (Å²) in [7, 11) is 0. The first-order chi connectivity index (χ1) is 10.5. The fraction of sp³-hybridized carbons (Fsp3) is 0.125. The summed E-state index contributed by atoms with van der Waals surface area (Å²) in [4.78, 5) is 23.4. The van der Waals surface area contributed by atoms with Crippen molar-refractivity contribution in [2.75, 3.05) is 0 Å². The van der Waals surface area contributed by atoms with Crippen molar-refractivity contribution >= 4 is 23.4 Å². The second-order valence-electron chi connectivity index (χ2n) is 4.76. The molecular formula is C16H15ClN2O3. The molecule has 2 rings (SSSR count). The molecule has 3 N–H and O–H groups in total. The number of hydrogen-bond donors (Lipinski definition) is 3. The van der Waals surface area contributed by atoms with Gasteiger partial charge in [-0.3, -0.25) is 14.8 Å². The molecule has 1 unspecified atom stereocenters. The van der Waals surface area contributed by atoms with Crippen molar-refractivity contribution in [1.82, 2.24) is 10.8 Å². The summed E-state index contributed by atoms with van der Waals surface area (Å²) < 4.78 is 0. The zero-order valence-corrected chi connectivity index (χ0v) is 12.6. The van der Waals surface area contributed by atoms with Crippen molar-refractivity contribution in [3.05, 3.63) is 70.2 Å². The molecule has 0 bridgehead atoms. The van der Waals surface area contributed by atoms with E-state index in [9.17, 15) is 9.59 Å². The number of amides is 2. The van der Waals surface area contributed by atoms with Crippen LogP contribution in [0, 0.1) is 0 Å². The normalized spacial score (nSPS) is 11.6. The summed E-state index contributed by atoms with van der Waals surface area (Å²) in [6, 6.07) is 13.0.